The quantitative estimate of drug-likeness (QED) is 0.836. The van der Waals surface area contributed by atoms with E-state index in [1.807, 2.05) is 0 Å². The summed E-state index contributed by atoms with van der Waals surface area (Å²) in [6.45, 7) is 11.7. The Morgan fingerprint density at radius 2 is 1.95 bits per heavy atom. The van der Waals surface area contributed by atoms with Crippen LogP contribution in [-0.2, 0) is 0 Å². The van der Waals surface area contributed by atoms with Crippen molar-refractivity contribution in [1.82, 2.24) is 9.80 Å². The molecule has 0 bridgehead atoms. The summed E-state index contributed by atoms with van der Waals surface area (Å²) in [5.74, 6) is 1.14. The van der Waals surface area contributed by atoms with Crippen LogP contribution >= 0.6 is 0 Å². The molecule has 0 spiro atoms. The van der Waals surface area contributed by atoms with Crippen LogP contribution < -0.4 is 5.73 Å². The molecular formula is C17H28N4. The Bertz CT molecular complexity index is 453. The van der Waals surface area contributed by atoms with Crippen molar-refractivity contribution in [2.75, 3.05) is 32.7 Å². The van der Waals surface area contributed by atoms with Gasteiger partial charge in [-0.25, -0.2) is 0 Å². The molecule has 2 N–H and O–H groups in total. The van der Waals surface area contributed by atoms with Gasteiger partial charge in [-0.2, -0.15) is 0 Å². The van der Waals surface area contributed by atoms with E-state index >= 15 is 0 Å². The lowest BCUT2D eigenvalue weighted by Crippen LogP contribution is -2.46. The summed E-state index contributed by atoms with van der Waals surface area (Å²) >= 11 is 0. The molecule has 0 fully saturated rings. The lowest BCUT2D eigenvalue weighted by molar-refractivity contribution is 0.235. The van der Waals surface area contributed by atoms with Crippen LogP contribution in [0.2, 0.25) is 0 Å². The van der Waals surface area contributed by atoms with Crippen molar-refractivity contribution in [2.24, 2.45) is 10.7 Å². The first-order valence-corrected chi connectivity index (χ1v) is 8.01. The molecule has 1 heterocycles. The van der Waals surface area contributed by atoms with Gasteiger partial charge in [0.1, 0.15) is 0 Å². The summed E-state index contributed by atoms with van der Waals surface area (Å²) < 4.78 is 0. The standard InChI is InChI=1S/C17H28N4/c1-4-20(5-2)11-12-21-16(13-19-17(21)18)14(3)15-9-7-6-8-10-15/h6-10,14,16H,4-5,11-13H2,1-3H3,(H2,18,19). The number of nitrogens with zero attached hydrogens (tertiary/aromatic N) is 3. The van der Waals surface area contributed by atoms with Crippen LogP contribution in [-0.4, -0.2) is 54.5 Å². The molecule has 2 atom stereocenters. The fourth-order valence-electron chi connectivity index (χ4n) is 3.02. The molecule has 116 valence electrons. The van der Waals surface area contributed by atoms with Crippen LogP contribution in [0, 0.1) is 0 Å². The molecule has 0 amide bonds. The number of hydrogen-bond donors (Lipinski definition) is 1. The van der Waals surface area contributed by atoms with Crippen molar-refractivity contribution in [2.45, 2.75) is 32.7 Å². The van der Waals surface area contributed by atoms with Gasteiger partial charge in [0.2, 0.25) is 0 Å². The molecule has 4 nitrogen and oxygen atoms in total. The Morgan fingerprint density at radius 1 is 1.29 bits per heavy atom. The number of nitrogens with two attached hydrogens (primary N) is 1. The molecule has 1 aliphatic heterocycles. The minimum atomic E-state index is 0.378. The maximum Gasteiger partial charge on any atom is 0.191 e. The molecular weight excluding hydrogens is 260 g/mol. The van der Waals surface area contributed by atoms with E-state index in [9.17, 15) is 0 Å². The Hall–Kier alpha value is -1.55. The molecule has 0 aromatic heterocycles. The van der Waals surface area contributed by atoms with E-state index in [2.05, 4.69) is 65.9 Å². The van der Waals surface area contributed by atoms with E-state index in [-0.39, 0.29) is 0 Å². The number of benzene rings is 1. The predicted molar refractivity (Wildman–Crippen MR) is 89.6 cm³/mol. The van der Waals surface area contributed by atoms with E-state index in [1.165, 1.54) is 5.56 Å². The van der Waals surface area contributed by atoms with Gasteiger partial charge < -0.3 is 15.5 Å². The fraction of sp³-hybridized carbons (Fsp3) is 0.588. The molecule has 0 aliphatic carbocycles. The van der Waals surface area contributed by atoms with Crippen molar-refractivity contribution < 1.29 is 0 Å². The largest absolute Gasteiger partial charge is 0.370 e. The molecule has 4 heteroatoms. The molecule has 1 aliphatic rings. The van der Waals surface area contributed by atoms with Gasteiger partial charge in [0.25, 0.3) is 0 Å². The van der Waals surface area contributed by atoms with Crippen LogP contribution in [0.1, 0.15) is 32.3 Å². The highest BCUT2D eigenvalue weighted by Gasteiger charge is 2.31. The highest BCUT2D eigenvalue weighted by molar-refractivity contribution is 5.80. The first-order chi connectivity index (χ1) is 10.2. The second-order valence-electron chi connectivity index (χ2n) is 5.69. The van der Waals surface area contributed by atoms with Crippen molar-refractivity contribution in [1.29, 1.82) is 0 Å². The molecule has 2 rings (SSSR count). The zero-order valence-electron chi connectivity index (χ0n) is 13.5. The molecule has 2 unspecified atom stereocenters. The highest BCUT2D eigenvalue weighted by Crippen LogP contribution is 2.26. The summed E-state index contributed by atoms with van der Waals surface area (Å²) in [6, 6.07) is 11.0. The summed E-state index contributed by atoms with van der Waals surface area (Å²) in [5.41, 5.74) is 7.47. The third-order valence-corrected chi connectivity index (χ3v) is 4.59. The fourth-order valence-corrected chi connectivity index (χ4v) is 3.02. The smallest absolute Gasteiger partial charge is 0.191 e. The number of aliphatic imine (C=N–C) groups is 1. The van der Waals surface area contributed by atoms with Gasteiger partial charge >= 0.3 is 0 Å². The number of likely N-dealkylation sites (N-methyl/N-ethyl adjacent to an activating group) is 1. The Kier molecular flexibility index (Phi) is 5.62. The topological polar surface area (TPSA) is 44.9 Å². The van der Waals surface area contributed by atoms with Gasteiger partial charge in [-0.1, -0.05) is 51.1 Å². The summed E-state index contributed by atoms with van der Waals surface area (Å²) in [7, 11) is 0. The van der Waals surface area contributed by atoms with Gasteiger partial charge in [0.05, 0.1) is 12.6 Å². The van der Waals surface area contributed by atoms with E-state index in [0.717, 1.165) is 32.7 Å². The van der Waals surface area contributed by atoms with Gasteiger partial charge in [-0.05, 0) is 18.7 Å². The zero-order valence-corrected chi connectivity index (χ0v) is 13.5. The molecule has 21 heavy (non-hydrogen) atoms. The second-order valence-corrected chi connectivity index (χ2v) is 5.69. The van der Waals surface area contributed by atoms with Gasteiger partial charge in [0, 0.05) is 19.0 Å². The van der Waals surface area contributed by atoms with E-state index in [0.29, 0.717) is 17.9 Å². The minimum absolute atomic E-state index is 0.378. The van der Waals surface area contributed by atoms with Crippen molar-refractivity contribution in [3.8, 4) is 0 Å². The van der Waals surface area contributed by atoms with Gasteiger partial charge in [0.15, 0.2) is 5.96 Å². The Balaban J connectivity index is 2.02. The van der Waals surface area contributed by atoms with Gasteiger partial charge in [-0.3, -0.25) is 4.99 Å². The van der Waals surface area contributed by atoms with Crippen molar-refractivity contribution in [3.05, 3.63) is 35.9 Å². The lowest BCUT2D eigenvalue weighted by Gasteiger charge is -2.32. The van der Waals surface area contributed by atoms with Crippen LogP contribution in [0.3, 0.4) is 0 Å². The lowest BCUT2D eigenvalue weighted by atomic mass is 9.93. The zero-order chi connectivity index (χ0) is 15.2. The van der Waals surface area contributed by atoms with Crippen LogP contribution in [0.4, 0.5) is 0 Å². The minimum Gasteiger partial charge on any atom is -0.370 e. The molecule has 0 saturated heterocycles. The summed E-state index contributed by atoms with van der Waals surface area (Å²) in [5, 5.41) is 0. The average molecular weight is 288 g/mol. The predicted octanol–water partition coefficient (Wildman–Crippen LogP) is 2.13. The Labute approximate surface area is 128 Å². The summed E-state index contributed by atoms with van der Waals surface area (Å²) in [6.07, 6.45) is 0. The summed E-state index contributed by atoms with van der Waals surface area (Å²) in [4.78, 5) is 9.19. The second kappa shape index (κ2) is 7.46. The van der Waals surface area contributed by atoms with E-state index in [4.69, 9.17) is 5.73 Å². The van der Waals surface area contributed by atoms with Crippen LogP contribution in [0.15, 0.2) is 35.3 Å². The maximum atomic E-state index is 6.11. The van der Waals surface area contributed by atoms with Crippen LogP contribution in [0.5, 0.6) is 0 Å². The first-order valence-electron chi connectivity index (χ1n) is 8.01. The number of guanidine groups is 1. The SMILES string of the molecule is CCN(CC)CCN1C(N)=NCC1C(C)c1ccccc1. The third kappa shape index (κ3) is 3.76. The van der Waals surface area contributed by atoms with Gasteiger partial charge in [-0.15, -0.1) is 0 Å². The van der Waals surface area contributed by atoms with E-state index in [1.54, 1.807) is 0 Å². The van der Waals surface area contributed by atoms with Crippen molar-refractivity contribution >= 4 is 5.96 Å². The monoisotopic (exact) mass is 288 g/mol. The third-order valence-electron chi connectivity index (χ3n) is 4.59. The van der Waals surface area contributed by atoms with E-state index < -0.39 is 0 Å². The Morgan fingerprint density at radius 3 is 2.57 bits per heavy atom. The molecule has 0 radical (unpaired) electrons. The normalized spacial score (nSPS) is 19.9. The average Bonchev–Trinajstić information content (AvgIpc) is 2.89. The number of rotatable bonds is 7. The highest BCUT2D eigenvalue weighted by atomic mass is 15.3. The maximum absolute atomic E-state index is 6.11. The molecule has 0 saturated carbocycles. The first kappa shape index (κ1) is 15.8. The van der Waals surface area contributed by atoms with Crippen molar-refractivity contribution in [3.63, 3.8) is 0 Å². The molecule has 1 aromatic rings. The van der Waals surface area contributed by atoms with Crippen LogP contribution in [0.25, 0.3) is 0 Å². The number of hydrogen-bond acceptors (Lipinski definition) is 4. The molecule has 1 aromatic carbocycles.